The van der Waals surface area contributed by atoms with E-state index >= 15 is 0 Å². The van der Waals surface area contributed by atoms with Crippen LogP contribution in [0.2, 0.25) is 5.02 Å². The van der Waals surface area contributed by atoms with Crippen molar-refractivity contribution in [3.63, 3.8) is 0 Å². The number of rotatable bonds is 7. The van der Waals surface area contributed by atoms with E-state index in [9.17, 15) is 0 Å². The number of halogens is 1. The quantitative estimate of drug-likeness (QED) is 0.848. The lowest BCUT2D eigenvalue weighted by atomic mass is 10.0. The van der Waals surface area contributed by atoms with Gasteiger partial charge in [0.1, 0.15) is 0 Å². The van der Waals surface area contributed by atoms with Crippen LogP contribution in [-0.4, -0.2) is 22.9 Å². The molecule has 2 aromatic rings. The largest absolute Gasteiger partial charge is 0.316 e. The molecule has 0 spiro atoms. The molecule has 1 unspecified atom stereocenters. The number of likely N-dealkylation sites (N-methyl/N-ethyl adjacent to an activating group) is 1. The summed E-state index contributed by atoms with van der Waals surface area (Å²) in [5.74, 6) is 0. The standard InChI is InChI=1S/C17H24ClN3/c1-4-15-11-17(21(5-2)20-15)12-16(19-3)10-13-7-6-8-14(18)9-13/h6-9,11,16,19H,4-5,10,12H2,1-3H3. The Balaban J connectivity index is 2.10. The predicted octanol–water partition coefficient (Wildman–Crippen LogP) is 3.49. The third-order valence-electron chi connectivity index (χ3n) is 3.81. The Hall–Kier alpha value is -1.32. The molecule has 4 heteroatoms. The van der Waals surface area contributed by atoms with Crippen LogP contribution >= 0.6 is 11.6 Å². The van der Waals surface area contributed by atoms with Crippen molar-refractivity contribution in [2.75, 3.05) is 7.05 Å². The van der Waals surface area contributed by atoms with E-state index in [0.29, 0.717) is 6.04 Å². The topological polar surface area (TPSA) is 29.9 Å². The fourth-order valence-corrected chi connectivity index (χ4v) is 2.82. The normalized spacial score (nSPS) is 12.6. The first kappa shape index (κ1) is 16.1. The van der Waals surface area contributed by atoms with E-state index < -0.39 is 0 Å². The number of aryl methyl sites for hydroxylation is 2. The van der Waals surface area contributed by atoms with Crippen molar-refractivity contribution in [3.8, 4) is 0 Å². The third kappa shape index (κ3) is 4.32. The Morgan fingerprint density at radius 2 is 2.05 bits per heavy atom. The molecule has 3 nitrogen and oxygen atoms in total. The third-order valence-corrected chi connectivity index (χ3v) is 4.05. The summed E-state index contributed by atoms with van der Waals surface area (Å²) in [6.07, 6.45) is 2.93. The smallest absolute Gasteiger partial charge is 0.0624 e. The van der Waals surface area contributed by atoms with E-state index in [-0.39, 0.29) is 0 Å². The van der Waals surface area contributed by atoms with E-state index in [1.165, 1.54) is 17.0 Å². The molecule has 0 saturated carbocycles. The molecule has 0 radical (unpaired) electrons. The van der Waals surface area contributed by atoms with Crippen molar-refractivity contribution in [1.29, 1.82) is 0 Å². The highest BCUT2D eigenvalue weighted by molar-refractivity contribution is 6.30. The van der Waals surface area contributed by atoms with Crippen molar-refractivity contribution in [1.82, 2.24) is 15.1 Å². The van der Waals surface area contributed by atoms with Gasteiger partial charge < -0.3 is 5.32 Å². The van der Waals surface area contributed by atoms with Crippen LogP contribution in [0.15, 0.2) is 30.3 Å². The van der Waals surface area contributed by atoms with E-state index in [1.807, 2.05) is 25.2 Å². The zero-order chi connectivity index (χ0) is 15.2. The van der Waals surface area contributed by atoms with Crippen molar-refractivity contribution in [2.24, 2.45) is 0 Å². The van der Waals surface area contributed by atoms with Gasteiger partial charge in [0, 0.05) is 29.7 Å². The maximum absolute atomic E-state index is 6.07. The van der Waals surface area contributed by atoms with Gasteiger partial charge in [0.2, 0.25) is 0 Å². The lowest BCUT2D eigenvalue weighted by Gasteiger charge is -2.17. The number of nitrogens with one attached hydrogen (secondary N) is 1. The highest BCUT2D eigenvalue weighted by atomic mass is 35.5. The Labute approximate surface area is 132 Å². The maximum atomic E-state index is 6.07. The van der Waals surface area contributed by atoms with Crippen molar-refractivity contribution in [3.05, 3.63) is 52.3 Å². The highest BCUT2D eigenvalue weighted by Crippen LogP contribution is 2.15. The lowest BCUT2D eigenvalue weighted by Crippen LogP contribution is -2.30. The van der Waals surface area contributed by atoms with Crippen LogP contribution in [0.5, 0.6) is 0 Å². The van der Waals surface area contributed by atoms with Crippen LogP contribution in [0, 0.1) is 0 Å². The fourth-order valence-electron chi connectivity index (χ4n) is 2.60. The molecule has 1 N–H and O–H groups in total. The Morgan fingerprint density at radius 1 is 1.24 bits per heavy atom. The average Bonchev–Trinajstić information content (AvgIpc) is 2.88. The molecule has 1 aromatic carbocycles. The molecular formula is C17H24ClN3. The van der Waals surface area contributed by atoms with E-state index in [1.54, 1.807) is 0 Å². The van der Waals surface area contributed by atoms with E-state index in [2.05, 4.69) is 41.1 Å². The Morgan fingerprint density at radius 3 is 2.67 bits per heavy atom. The fraction of sp³-hybridized carbons (Fsp3) is 0.471. The highest BCUT2D eigenvalue weighted by Gasteiger charge is 2.13. The summed E-state index contributed by atoms with van der Waals surface area (Å²) in [7, 11) is 2.02. The van der Waals surface area contributed by atoms with Gasteiger partial charge in [0.25, 0.3) is 0 Å². The number of benzene rings is 1. The van der Waals surface area contributed by atoms with Gasteiger partial charge in [-0.15, -0.1) is 0 Å². The van der Waals surface area contributed by atoms with Gasteiger partial charge in [0.05, 0.1) is 5.69 Å². The molecule has 0 bridgehead atoms. The van der Waals surface area contributed by atoms with E-state index in [4.69, 9.17) is 11.6 Å². The number of hydrogen-bond acceptors (Lipinski definition) is 2. The molecule has 2 rings (SSSR count). The molecule has 0 aliphatic heterocycles. The van der Waals surface area contributed by atoms with Gasteiger partial charge in [-0.2, -0.15) is 5.10 Å². The second-order valence-corrected chi connectivity index (χ2v) is 5.76. The molecule has 1 aromatic heterocycles. The van der Waals surface area contributed by atoms with Crippen LogP contribution in [0.1, 0.15) is 30.8 Å². The summed E-state index contributed by atoms with van der Waals surface area (Å²) >= 11 is 6.07. The van der Waals surface area contributed by atoms with Crippen molar-refractivity contribution in [2.45, 2.75) is 45.7 Å². The molecule has 114 valence electrons. The minimum atomic E-state index is 0.384. The summed E-state index contributed by atoms with van der Waals surface area (Å²) in [5.41, 5.74) is 3.74. The van der Waals surface area contributed by atoms with Crippen LogP contribution < -0.4 is 5.32 Å². The summed E-state index contributed by atoms with van der Waals surface area (Å²) in [6.45, 7) is 5.21. The molecule has 0 aliphatic rings. The monoisotopic (exact) mass is 305 g/mol. The van der Waals surface area contributed by atoms with Crippen LogP contribution in [0.4, 0.5) is 0 Å². The number of aromatic nitrogens is 2. The Kier molecular flexibility index (Phi) is 5.83. The van der Waals surface area contributed by atoms with Crippen molar-refractivity contribution >= 4 is 11.6 Å². The number of hydrogen-bond donors (Lipinski definition) is 1. The van der Waals surface area contributed by atoms with Gasteiger partial charge in [0.15, 0.2) is 0 Å². The van der Waals surface area contributed by atoms with Crippen LogP contribution in [0.25, 0.3) is 0 Å². The molecule has 0 aliphatic carbocycles. The first-order valence-electron chi connectivity index (χ1n) is 7.63. The minimum absolute atomic E-state index is 0.384. The van der Waals surface area contributed by atoms with Gasteiger partial charge in [-0.3, -0.25) is 4.68 Å². The van der Waals surface area contributed by atoms with Crippen molar-refractivity contribution < 1.29 is 0 Å². The van der Waals surface area contributed by atoms with Gasteiger partial charge in [-0.25, -0.2) is 0 Å². The first-order valence-corrected chi connectivity index (χ1v) is 8.01. The molecule has 0 saturated heterocycles. The second kappa shape index (κ2) is 7.62. The summed E-state index contributed by atoms with van der Waals surface area (Å²) in [5, 5.41) is 8.84. The first-order chi connectivity index (χ1) is 10.2. The average molecular weight is 306 g/mol. The molecule has 21 heavy (non-hydrogen) atoms. The SMILES string of the molecule is CCc1cc(CC(Cc2cccc(Cl)c2)NC)n(CC)n1. The summed E-state index contributed by atoms with van der Waals surface area (Å²) in [6, 6.07) is 10.7. The molecule has 0 amide bonds. The molecule has 0 fully saturated rings. The zero-order valence-corrected chi connectivity index (χ0v) is 13.8. The van der Waals surface area contributed by atoms with E-state index in [0.717, 1.165) is 30.8 Å². The molecule has 1 heterocycles. The second-order valence-electron chi connectivity index (χ2n) is 5.32. The summed E-state index contributed by atoms with van der Waals surface area (Å²) in [4.78, 5) is 0. The van der Waals surface area contributed by atoms with Gasteiger partial charge in [-0.1, -0.05) is 30.7 Å². The lowest BCUT2D eigenvalue weighted by molar-refractivity contribution is 0.519. The molecule has 1 atom stereocenters. The Bertz CT molecular complexity index is 577. The minimum Gasteiger partial charge on any atom is -0.316 e. The summed E-state index contributed by atoms with van der Waals surface area (Å²) < 4.78 is 2.11. The van der Waals surface area contributed by atoms with Gasteiger partial charge >= 0.3 is 0 Å². The van der Waals surface area contributed by atoms with Crippen LogP contribution in [0.3, 0.4) is 0 Å². The zero-order valence-electron chi connectivity index (χ0n) is 13.1. The predicted molar refractivity (Wildman–Crippen MR) is 89.0 cm³/mol. The van der Waals surface area contributed by atoms with Crippen LogP contribution in [-0.2, 0) is 25.8 Å². The number of nitrogens with zero attached hydrogens (tertiary/aromatic N) is 2. The molecular weight excluding hydrogens is 282 g/mol. The maximum Gasteiger partial charge on any atom is 0.0624 e. The van der Waals surface area contributed by atoms with Gasteiger partial charge in [-0.05, 0) is 50.6 Å².